The van der Waals surface area contributed by atoms with Crippen molar-refractivity contribution in [3.8, 4) is 0 Å². The van der Waals surface area contributed by atoms with Crippen molar-refractivity contribution in [1.29, 1.82) is 0 Å². The number of carboxylic acid groups (broad SMARTS) is 1. The van der Waals surface area contributed by atoms with Gasteiger partial charge < -0.3 is 10.4 Å². The summed E-state index contributed by atoms with van der Waals surface area (Å²) in [5.74, 6) is -6.62. The molecule has 1 fully saturated rings. The summed E-state index contributed by atoms with van der Waals surface area (Å²) in [5.41, 5.74) is -2.12. The average molecular weight is 275 g/mol. The molecule has 0 aromatic carbocycles. The fourth-order valence-electron chi connectivity index (χ4n) is 1.40. The molecule has 2 N–H and O–H groups in total. The highest BCUT2D eigenvalue weighted by molar-refractivity contribution is 5.90. The fraction of sp³-hybridized carbons (Fsp3) is 0.778. The Hall–Kier alpha value is -1.41. The van der Waals surface area contributed by atoms with Crippen LogP contribution in [0.3, 0.4) is 0 Å². The largest absolute Gasteiger partial charge is 0.480 e. The summed E-state index contributed by atoms with van der Waals surface area (Å²) in [6.45, 7) is 0.870. The molecule has 0 aliphatic heterocycles. The number of hydrogen-bond acceptors (Lipinski definition) is 2. The minimum atomic E-state index is -4.82. The van der Waals surface area contributed by atoms with E-state index in [-0.39, 0.29) is 0 Å². The number of carbonyl (C=O) groups excluding carboxylic acids is 1. The standard InChI is InChI=1S/C9H10F5NO3/c1-7(3-8(7,10)11)6(18)15-4(5(16)17)2-9(12,13)14/h4H,2-3H2,1H3,(H,15,18)(H,16,17). The van der Waals surface area contributed by atoms with E-state index in [1.807, 2.05) is 0 Å². The Morgan fingerprint density at radius 3 is 2.11 bits per heavy atom. The lowest BCUT2D eigenvalue weighted by atomic mass is 10.1. The maximum absolute atomic E-state index is 12.8. The van der Waals surface area contributed by atoms with E-state index in [9.17, 15) is 31.5 Å². The van der Waals surface area contributed by atoms with Crippen molar-refractivity contribution in [3.05, 3.63) is 0 Å². The Kier molecular flexibility index (Phi) is 3.30. The van der Waals surface area contributed by atoms with Crippen molar-refractivity contribution in [3.63, 3.8) is 0 Å². The molecule has 0 heterocycles. The quantitative estimate of drug-likeness (QED) is 0.765. The highest BCUT2D eigenvalue weighted by Gasteiger charge is 2.72. The summed E-state index contributed by atoms with van der Waals surface area (Å²) in [4.78, 5) is 21.8. The van der Waals surface area contributed by atoms with Gasteiger partial charge in [-0.25, -0.2) is 13.6 Å². The first-order chi connectivity index (χ1) is 7.89. The zero-order valence-electron chi connectivity index (χ0n) is 9.15. The molecule has 0 aromatic rings. The lowest BCUT2D eigenvalue weighted by Gasteiger charge is -2.18. The second-order valence-corrected chi connectivity index (χ2v) is 4.40. The van der Waals surface area contributed by atoms with Crippen LogP contribution in [-0.4, -0.2) is 35.1 Å². The maximum atomic E-state index is 12.8. The second-order valence-electron chi connectivity index (χ2n) is 4.40. The molecule has 18 heavy (non-hydrogen) atoms. The molecule has 0 radical (unpaired) electrons. The number of amides is 1. The first kappa shape index (κ1) is 14.7. The Labute approximate surface area is 98.1 Å². The highest BCUT2D eigenvalue weighted by Crippen LogP contribution is 2.60. The first-order valence-corrected chi connectivity index (χ1v) is 4.87. The predicted octanol–water partition coefficient (Wildman–Crippen LogP) is 1.55. The predicted molar refractivity (Wildman–Crippen MR) is 47.9 cm³/mol. The molecule has 2 atom stereocenters. The lowest BCUT2D eigenvalue weighted by molar-refractivity contribution is -0.160. The van der Waals surface area contributed by atoms with Gasteiger partial charge in [0, 0.05) is 6.42 Å². The molecule has 0 bridgehead atoms. The van der Waals surface area contributed by atoms with Crippen molar-refractivity contribution in [2.45, 2.75) is 37.9 Å². The lowest BCUT2D eigenvalue weighted by Crippen LogP contribution is -2.47. The molecule has 0 spiro atoms. The third-order valence-corrected chi connectivity index (χ3v) is 2.80. The van der Waals surface area contributed by atoms with E-state index in [0.29, 0.717) is 0 Å². The van der Waals surface area contributed by atoms with Gasteiger partial charge in [0.1, 0.15) is 11.5 Å². The van der Waals surface area contributed by atoms with Crippen LogP contribution in [0.25, 0.3) is 0 Å². The highest BCUT2D eigenvalue weighted by atomic mass is 19.4. The average Bonchev–Trinajstić information content (AvgIpc) is 2.63. The Morgan fingerprint density at radius 2 is 1.83 bits per heavy atom. The molecule has 1 aliphatic rings. The van der Waals surface area contributed by atoms with Crippen LogP contribution in [0.15, 0.2) is 0 Å². The normalized spacial score (nSPS) is 27.4. The molecule has 0 aromatic heterocycles. The van der Waals surface area contributed by atoms with Crippen LogP contribution >= 0.6 is 0 Å². The number of aliphatic carboxylic acids is 1. The summed E-state index contributed by atoms with van der Waals surface area (Å²) in [7, 11) is 0. The number of halogens is 5. The van der Waals surface area contributed by atoms with E-state index in [1.54, 1.807) is 0 Å². The van der Waals surface area contributed by atoms with Gasteiger partial charge in [-0.15, -0.1) is 0 Å². The van der Waals surface area contributed by atoms with E-state index < -0.39 is 48.3 Å². The third kappa shape index (κ3) is 2.88. The molecule has 1 rings (SSSR count). The molecular weight excluding hydrogens is 265 g/mol. The van der Waals surface area contributed by atoms with Crippen molar-refractivity contribution in [2.24, 2.45) is 5.41 Å². The van der Waals surface area contributed by atoms with E-state index in [0.717, 1.165) is 6.92 Å². The van der Waals surface area contributed by atoms with E-state index in [2.05, 4.69) is 0 Å². The second kappa shape index (κ2) is 4.06. The van der Waals surface area contributed by atoms with Crippen LogP contribution in [0, 0.1) is 5.41 Å². The molecule has 104 valence electrons. The number of hydrogen-bond donors (Lipinski definition) is 2. The summed E-state index contributed by atoms with van der Waals surface area (Å²) < 4.78 is 61.6. The first-order valence-electron chi connectivity index (χ1n) is 4.87. The van der Waals surface area contributed by atoms with Gasteiger partial charge in [-0.1, -0.05) is 0 Å². The molecule has 1 saturated carbocycles. The molecule has 1 aliphatic carbocycles. The van der Waals surface area contributed by atoms with Crippen LogP contribution in [0.2, 0.25) is 0 Å². The number of carboxylic acids is 1. The number of nitrogens with one attached hydrogen (secondary N) is 1. The zero-order valence-corrected chi connectivity index (χ0v) is 9.15. The number of rotatable bonds is 4. The van der Waals surface area contributed by atoms with Gasteiger partial charge in [-0.05, 0) is 6.92 Å². The van der Waals surface area contributed by atoms with Crippen LogP contribution in [0.4, 0.5) is 22.0 Å². The van der Waals surface area contributed by atoms with Crippen molar-refractivity contribution in [1.82, 2.24) is 5.32 Å². The van der Waals surface area contributed by atoms with Gasteiger partial charge in [-0.2, -0.15) is 13.2 Å². The van der Waals surface area contributed by atoms with Crippen LogP contribution in [0.5, 0.6) is 0 Å². The van der Waals surface area contributed by atoms with Gasteiger partial charge in [0.15, 0.2) is 0 Å². The van der Waals surface area contributed by atoms with Crippen LogP contribution in [0.1, 0.15) is 19.8 Å². The van der Waals surface area contributed by atoms with Crippen molar-refractivity contribution >= 4 is 11.9 Å². The Balaban J connectivity index is 2.69. The Bertz CT molecular complexity index is 381. The summed E-state index contributed by atoms with van der Waals surface area (Å²) in [6, 6.07) is -2.26. The van der Waals surface area contributed by atoms with Gasteiger partial charge >= 0.3 is 12.1 Å². The monoisotopic (exact) mass is 275 g/mol. The van der Waals surface area contributed by atoms with Gasteiger partial charge in [0.2, 0.25) is 5.91 Å². The molecule has 1 amide bonds. The van der Waals surface area contributed by atoms with E-state index in [1.165, 1.54) is 5.32 Å². The molecular formula is C9H10F5NO3. The van der Waals surface area contributed by atoms with Crippen LogP contribution in [-0.2, 0) is 9.59 Å². The SMILES string of the molecule is CC1(C(=O)NC(CC(F)(F)F)C(=O)O)CC1(F)F. The summed E-state index contributed by atoms with van der Waals surface area (Å²) in [5, 5.41) is 9.99. The van der Waals surface area contributed by atoms with Gasteiger partial charge in [0.25, 0.3) is 5.92 Å². The fourth-order valence-corrected chi connectivity index (χ4v) is 1.40. The Morgan fingerprint density at radius 1 is 1.39 bits per heavy atom. The van der Waals surface area contributed by atoms with Crippen molar-refractivity contribution in [2.75, 3.05) is 0 Å². The van der Waals surface area contributed by atoms with Crippen LogP contribution < -0.4 is 5.32 Å². The smallest absolute Gasteiger partial charge is 0.391 e. The van der Waals surface area contributed by atoms with E-state index >= 15 is 0 Å². The molecule has 0 saturated heterocycles. The topological polar surface area (TPSA) is 66.4 Å². The number of alkyl halides is 5. The minimum absolute atomic E-state index is 0.801. The molecule has 9 heteroatoms. The van der Waals surface area contributed by atoms with E-state index in [4.69, 9.17) is 5.11 Å². The van der Waals surface area contributed by atoms with Gasteiger partial charge in [0.05, 0.1) is 6.42 Å². The summed E-state index contributed by atoms with van der Waals surface area (Å²) >= 11 is 0. The maximum Gasteiger partial charge on any atom is 0.391 e. The van der Waals surface area contributed by atoms with Gasteiger partial charge in [-0.3, -0.25) is 4.79 Å². The molecule has 2 unspecified atom stereocenters. The minimum Gasteiger partial charge on any atom is -0.480 e. The van der Waals surface area contributed by atoms with Crippen molar-refractivity contribution < 1.29 is 36.6 Å². The third-order valence-electron chi connectivity index (χ3n) is 2.80. The zero-order chi connectivity index (χ0) is 14.4. The molecule has 4 nitrogen and oxygen atoms in total. The summed E-state index contributed by atoms with van der Waals surface area (Å²) in [6.07, 6.45) is -7.43. The number of carbonyl (C=O) groups is 2.